The minimum atomic E-state index is -0.546. The summed E-state index contributed by atoms with van der Waals surface area (Å²) < 4.78 is 39.8. The van der Waals surface area contributed by atoms with E-state index in [-0.39, 0.29) is 11.9 Å². The van der Waals surface area contributed by atoms with E-state index in [2.05, 4.69) is 24.8 Å². The predicted octanol–water partition coefficient (Wildman–Crippen LogP) is 4.61. The third kappa shape index (κ3) is 5.45. The molecule has 2 aliphatic heterocycles. The summed E-state index contributed by atoms with van der Waals surface area (Å²) in [6, 6.07) is 9.71. The van der Waals surface area contributed by atoms with Gasteiger partial charge in [0.15, 0.2) is 23.0 Å². The molecule has 41 heavy (non-hydrogen) atoms. The Balaban J connectivity index is 1.99. The van der Waals surface area contributed by atoms with Gasteiger partial charge in [0.05, 0.1) is 48.6 Å². The van der Waals surface area contributed by atoms with Crippen LogP contribution in [-0.2, 0) is 4.74 Å². The van der Waals surface area contributed by atoms with Crippen LogP contribution in [0.2, 0.25) is 0 Å². The van der Waals surface area contributed by atoms with Crippen LogP contribution in [0.25, 0.3) is 6.08 Å². The van der Waals surface area contributed by atoms with Crippen molar-refractivity contribution in [1.82, 2.24) is 4.90 Å². The summed E-state index contributed by atoms with van der Waals surface area (Å²) in [5.74, 6) is 3.39. The van der Waals surface area contributed by atoms with Crippen molar-refractivity contribution in [3.8, 4) is 40.6 Å². The fourth-order valence-electron chi connectivity index (χ4n) is 5.25. The van der Waals surface area contributed by atoms with Crippen LogP contribution < -0.4 is 34.2 Å². The monoisotopic (exact) mass is 563 g/mol. The highest BCUT2D eigenvalue weighted by Gasteiger charge is 2.40. The summed E-state index contributed by atoms with van der Waals surface area (Å²) in [5.41, 5.74) is 9.97. The first-order chi connectivity index (χ1) is 19.7. The highest BCUT2D eigenvalue weighted by atomic mass is 16.5. The number of hydrogen-bond acceptors (Lipinski definition) is 10. The highest BCUT2D eigenvalue weighted by molar-refractivity contribution is 5.70. The molecule has 0 saturated carbocycles. The van der Waals surface area contributed by atoms with Gasteiger partial charge in [-0.3, -0.25) is 4.90 Å². The van der Waals surface area contributed by atoms with Gasteiger partial charge >= 0.3 is 0 Å². The molecule has 1 unspecified atom stereocenters. The average molecular weight is 564 g/mol. The normalized spacial score (nSPS) is 18.0. The zero-order valence-corrected chi connectivity index (χ0v) is 24.8. The minimum absolute atomic E-state index is 0.0382. The summed E-state index contributed by atoms with van der Waals surface area (Å²) in [7, 11) is 9.47. The second-order valence-electron chi connectivity index (χ2n) is 9.85. The molecular weight excluding hydrogens is 526 g/mol. The van der Waals surface area contributed by atoms with E-state index in [1.54, 1.807) is 54.8 Å². The van der Waals surface area contributed by atoms with E-state index in [9.17, 15) is 5.26 Å². The van der Waals surface area contributed by atoms with Gasteiger partial charge < -0.3 is 38.9 Å². The molecule has 0 aliphatic carbocycles. The van der Waals surface area contributed by atoms with Gasteiger partial charge in [-0.2, -0.15) is 5.26 Å². The van der Waals surface area contributed by atoms with Gasteiger partial charge in [-0.15, -0.1) is 0 Å². The lowest BCUT2D eigenvalue weighted by Gasteiger charge is -2.40. The summed E-state index contributed by atoms with van der Waals surface area (Å²) in [5, 5.41) is 10.3. The topological polar surface area (TPSA) is 118 Å². The first-order valence-electron chi connectivity index (χ1n) is 13.1. The lowest BCUT2D eigenvalue weighted by molar-refractivity contribution is 0.207. The summed E-state index contributed by atoms with van der Waals surface area (Å²) in [6.07, 6.45) is 2.00. The Morgan fingerprint density at radius 1 is 0.829 bits per heavy atom. The highest BCUT2D eigenvalue weighted by Crippen LogP contribution is 2.49. The minimum Gasteiger partial charge on any atom is -0.496 e. The van der Waals surface area contributed by atoms with Crippen molar-refractivity contribution in [3.63, 3.8) is 0 Å². The van der Waals surface area contributed by atoms with E-state index in [1.165, 1.54) is 0 Å². The van der Waals surface area contributed by atoms with Crippen LogP contribution >= 0.6 is 0 Å². The van der Waals surface area contributed by atoms with E-state index in [1.807, 2.05) is 18.2 Å². The lowest BCUT2D eigenvalue weighted by atomic mass is 9.79. The molecule has 0 bridgehead atoms. The Morgan fingerprint density at radius 2 is 1.37 bits per heavy atom. The molecule has 2 aromatic rings. The van der Waals surface area contributed by atoms with E-state index < -0.39 is 5.92 Å². The van der Waals surface area contributed by atoms with Crippen molar-refractivity contribution in [1.29, 1.82) is 5.26 Å². The number of nitrogens with two attached hydrogens (primary N) is 1. The molecule has 10 heteroatoms. The molecule has 0 aromatic heterocycles. The fourth-order valence-corrected chi connectivity index (χ4v) is 5.25. The van der Waals surface area contributed by atoms with E-state index in [0.717, 1.165) is 16.7 Å². The lowest BCUT2D eigenvalue weighted by Crippen LogP contribution is -2.41. The largest absolute Gasteiger partial charge is 0.496 e. The van der Waals surface area contributed by atoms with Crippen molar-refractivity contribution < 1.29 is 33.2 Å². The van der Waals surface area contributed by atoms with E-state index in [4.69, 9.17) is 38.9 Å². The predicted molar refractivity (Wildman–Crippen MR) is 155 cm³/mol. The Kier molecular flexibility index (Phi) is 8.89. The summed E-state index contributed by atoms with van der Waals surface area (Å²) >= 11 is 0. The van der Waals surface area contributed by atoms with Crippen LogP contribution in [0.4, 0.5) is 0 Å². The zero-order chi connectivity index (χ0) is 29.8. The first-order valence-corrected chi connectivity index (χ1v) is 13.1. The van der Waals surface area contributed by atoms with Gasteiger partial charge in [0, 0.05) is 48.0 Å². The third-order valence-electron chi connectivity index (χ3n) is 7.41. The van der Waals surface area contributed by atoms with Gasteiger partial charge in [0.2, 0.25) is 5.88 Å². The molecule has 4 rings (SSSR count). The van der Waals surface area contributed by atoms with Crippen LogP contribution in [0.15, 0.2) is 52.6 Å². The van der Waals surface area contributed by atoms with Gasteiger partial charge in [-0.1, -0.05) is 0 Å². The number of benzene rings is 2. The Labute approximate surface area is 241 Å². The maximum Gasteiger partial charge on any atom is 0.205 e. The molecule has 0 saturated heterocycles. The number of ether oxygens (including phenoxy) is 7. The van der Waals surface area contributed by atoms with Crippen LogP contribution in [0.1, 0.15) is 30.9 Å². The molecule has 0 spiro atoms. The third-order valence-corrected chi connectivity index (χ3v) is 7.41. The number of nitrogens with zero attached hydrogens (tertiary/aromatic N) is 2. The summed E-state index contributed by atoms with van der Waals surface area (Å²) in [4.78, 5) is 2.30. The molecule has 0 radical (unpaired) electrons. The molecule has 0 fully saturated rings. The molecule has 218 valence electrons. The Bertz CT molecular complexity index is 1450. The molecule has 2 heterocycles. The van der Waals surface area contributed by atoms with Crippen molar-refractivity contribution in [2.24, 2.45) is 5.73 Å². The number of methoxy groups -OCH3 is 6. The summed E-state index contributed by atoms with van der Waals surface area (Å²) in [6.45, 7) is 5.39. The first kappa shape index (κ1) is 29.5. The van der Waals surface area contributed by atoms with Crippen molar-refractivity contribution in [3.05, 3.63) is 63.8 Å². The Morgan fingerprint density at radius 3 is 1.90 bits per heavy atom. The number of rotatable bonds is 9. The number of nitriles is 1. The van der Waals surface area contributed by atoms with Gasteiger partial charge in [-0.25, -0.2) is 0 Å². The molecule has 1 atom stereocenters. The van der Waals surface area contributed by atoms with Crippen LogP contribution in [0, 0.1) is 11.3 Å². The second-order valence-corrected chi connectivity index (χ2v) is 9.85. The molecule has 2 N–H and O–H groups in total. The van der Waals surface area contributed by atoms with Gasteiger partial charge in [0.1, 0.15) is 28.9 Å². The molecular formula is C31H37N3O7. The van der Waals surface area contributed by atoms with Crippen LogP contribution in [-0.4, -0.2) is 66.7 Å². The van der Waals surface area contributed by atoms with Crippen molar-refractivity contribution in [2.75, 3.05) is 55.7 Å². The average Bonchev–Trinajstić information content (AvgIpc) is 2.99. The van der Waals surface area contributed by atoms with Gasteiger partial charge in [-0.05, 0) is 37.6 Å². The molecule has 0 amide bonds. The smallest absolute Gasteiger partial charge is 0.205 e. The maximum absolute atomic E-state index is 10.3. The molecule has 2 aromatic carbocycles. The molecule has 10 nitrogen and oxygen atoms in total. The van der Waals surface area contributed by atoms with E-state index in [0.29, 0.717) is 64.5 Å². The van der Waals surface area contributed by atoms with Crippen molar-refractivity contribution >= 4 is 6.08 Å². The standard InChI is InChI=1S/C31H37N3O7/c1-17(2)34-15-19(9-18-10-25(37-5)27(39-7)12-23(18)35-3)30-22(16-34)29(21(14-32)31(33)41-30)20-11-26(38-6)28(40-8)13-24(20)36-4/h9-13,17,29H,15-16,33H2,1-8H3/b19-9+. The molecule has 2 aliphatic rings. The number of hydrogen-bond donors (Lipinski definition) is 1. The Hall–Kier alpha value is -4.49. The maximum atomic E-state index is 10.3. The second kappa shape index (κ2) is 12.4. The number of allylic oxidation sites excluding steroid dienone is 1. The van der Waals surface area contributed by atoms with Crippen LogP contribution in [0.3, 0.4) is 0 Å². The van der Waals surface area contributed by atoms with E-state index >= 15 is 0 Å². The zero-order valence-electron chi connectivity index (χ0n) is 24.8. The van der Waals surface area contributed by atoms with Crippen molar-refractivity contribution in [2.45, 2.75) is 25.8 Å². The van der Waals surface area contributed by atoms with Gasteiger partial charge in [0.25, 0.3) is 0 Å². The quantitative estimate of drug-likeness (QED) is 0.464. The fraction of sp³-hybridized carbons (Fsp3) is 0.387. The SMILES string of the molecule is COc1cc(OC)c(OC)cc1/C=C1\CN(C(C)C)CC2=C1OC(N)=C(C#N)C2c1cc(OC)c(OC)cc1OC. The van der Waals surface area contributed by atoms with Crippen LogP contribution in [0.5, 0.6) is 34.5 Å².